The van der Waals surface area contributed by atoms with Gasteiger partial charge in [-0.3, -0.25) is 10.1 Å². The highest BCUT2D eigenvalue weighted by Gasteiger charge is 2.31. The summed E-state index contributed by atoms with van der Waals surface area (Å²) in [7, 11) is 1.91. The highest BCUT2D eigenvalue weighted by Crippen LogP contribution is 2.33. The molecule has 0 atom stereocenters. The maximum absolute atomic E-state index is 11.4. The van der Waals surface area contributed by atoms with Crippen molar-refractivity contribution in [3.05, 3.63) is 46.1 Å². The molecule has 3 rings (SSSR count). The number of rotatable bonds is 5. The minimum absolute atomic E-state index is 0.0920. The standard InChI is InChI=1S/C19H22N6O3/c1-19(26)9-7-14(8-10-19)24(2)17-6-4-15(25(27)28)18(23-17)22-16-5-3-13(11-20)12-21-16/h3-6,12,14,26H,7-10H2,1-2H3,(H,21,22,23)/t14-,19+. The number of pyridine rings is 2. The lowest BCUT2D eigenvalue weighted by Crippen LogP contribution is -2.41. The third-order valence-electron chi connectivity index (χ3n) is 5.14. The lowest BCUT2D eigenvalue weighted by molar-refractivity contribution is -0.384. The molecule has 146 valence electrons. The fourth-order valence-electron chi connectivity index (χ4n) is 3.33. The van der Waals surface area contributed by atoms with Crippen LogP contribution >= 0.6 is 0 Å². The molecule has 0 radical (unpaired) electrons. The number of anilines is 3. The summed E-state index contributed by atoms with van der Waals surface area (Å²) in [6.45, 7) is 1.85. The Balaban J connectivity index is 1.84. The fourth-order valence-corrected chi connectivity index (χ4v) is 3.33. The molecule has 0 aromatic carbocycles. The third-order valence-corrected chi connectivity index (χ3v) is 5.14. The van der Waals surface area contributed by atoms with Gasteiger partial charge in [0.15, 0.2) is 0 Å². The molecule has 2 aromatic heterocycles. The maximum atomic E-state index is 11.4. The van der Waals surface area contributed by atoms with Gasteiger partial charge in [0, 0.05) is 25.4 Å². The number of hydrogen-bond donors (Lipinski definition) is 2. The average Bonchev–Trinajstić information content (AvgIpc) is 2.68. The minimum Gasteiger partial charge on any atom is -0.390 e. The SMILES string of the molecule is CN(c1ccc([N+](=O)[O-])c(Nc2ccc(C#N)cn2)n1)[C@H]1CC[C@@](C)(O)CC1. The van der Waals surface area contributed by atoms with Gasteiger partial charge in [-0.1, -0.05) is 0 Å². The molecule has 0 unspecified atom stereocenters. The van der Waals surface area contributed by atoms with E-state index < -0.39 is 10.5 Å². The molecule has 0 amide bonds. The minimum atomic E-state index is -0.631. The lowest BCUT2D eigenvalue weighted by atomic mass is 9.83. The highest BCUT2D eigenvalue weighted by atomic mass is 16.6. The van der Waals surface area contributed by atoms with E-state index in [1.165, 1.54) is 12.3 Å². The van der Waals surface area contributed by atoms with Crippen molar-refractivity contribution in [1.29, 1.82) is 5.26 Å². The fraction of sp³-hybridized carbons (Fsp3) is 0.421. The molecule has 28 heavy (non-hydrogen) atoms. The number of aliphatic hydroxyl groups is 1. The van der Waals surface area contributed by atoms with Crippen LogP contribution in [-0.2, 0) is 0 Å². The van der Waals surface area contributed by atoms with Gasteiger partial charge in [-0.2, -0.15) is 5.26 Å². The Labute approximate surface area is 162 Å². The summed E-state index contributed by atoms with van der Waals surface area (Å²) in [5, 5.41) is 33.3. The number of nitrogens with one attached hydrogen (secondary N) is 1. The smallest absolute Gasteiger partial charge is 0.311 e. The Bertz CT molecular complexity index is 897. The van der Waals surface area contributed by atoms with Crippen LogP contribution < -0.4 is 10.2 Å². The second-order valence-electron chi connectivity index (χ2n) is 7.30. The van der Waals surface area contributed by atoms with Crippen LogP contribution in [0.5, 0.6) is 0 Å². The number of nitro groups is 1. The quantitative estimate of drug-likeness (QED) is 0.596. The topological polar surface area (TPSA) is 128 Å². The van der Waals surface area contributed by atoms with Crippen molar-refractivity contribution in [3.8, 4) is 6.07 Å². The monoisotopic (exact) mass is 382 g/mol. The van der Waals surface area contributed by atoms with E-state index in [1.54, 1.807) is 18.2 Å². The summed E-state index contributed by atoms with van der Waals surface area (Å²) in [5.41, 5.74) is -0.390. The largest absolute Gasteiger partial charge is 0.390 e. The van der Waals surface area contributed by atoms with Crippen molar-refractivity contribution in [2.45, 2.75) is 44.2 Å². The molecule has 0 bridgehead atoms. The van der Waals surface area contributed by atoms with Gasteiger partial charge in [-0.25, -0.2) is 9.97 Å². The van der Waals surface area contributed by atoms with E-state index in [1.807, 2.05) is 24.9 Å². The molecule has 1 saturated carbocycles. The van der Waals surface area contributed by atoms with Crippen LogP contribution in [-0.4, -0.2) is 38.7 Å². The average molecular weight is 382 g/mol. The molecule has 0 aliphatic heterocycles. The zero-order chi connectivity index (χ0) is 20.3. The van der Waals surface area contributed by atoms with E-state index in [9.17, 15) is 15.2 Å². The summed E-state index contributed by atoms with van der Waals surface area (Å²) in [6, 6.07) is 8.37. The van der Waals surface area contributed by atoms with E-state index in [0.717, 1.165) is 12.8 Å². The normalized spacial score (nSPS) is 21.6. The highest BCUT2D eigenvalue weighted by molar-refractivity contribution is 5.66. The van der Waals surface area contributed by atoms with E-state index in [2.05, 4.69) is 15.3 Å². The van der Waals surface area contributed by atoms with Crippen LogP contribution in [0.3, 0.4) is 0 Å². The second kappa shape index (κ2) is 7.78. The van der Waals surface area contributed by atoms with Crippen molar-refractivity contribution in [1.82, 2.24) is 9.97 Å². The second-order valence-corrected chi connectivity index (χ2v) is 7.30. The van der Waals surface area contributed by atoms with Gasteiger partial charge >= 0.3 is 5.69 Å². The molecule has 1 fully saturated rings. The molecule has 2 aromatic rings. The molecule has 9 nitrogen and oxygen atoms in total. The van der Waals surface area contributed by atoms with Gasteiger partial charge in [0.25, 0.3) is 0 Å². The molecule has 1 aliphatic carbocycles. The molecule has 2 N–H and O–H groups in total. The molecule has 2 heterocycles. The molecule has 0 spiro atoms. The first kappa shape index (κ1) is 19.5. The van der Waals surface area contributed by atoms with Gasteiger partial charge < -0.3 is 15.3 Å². The van der Waals surface area contributed by atoms with Gasteiger partial charge in [0.2, 0.25) is 5.82 Å². The Hall–Kier alpha value is -3.25. The van der Waals surface area contributed by atoms with Gasteiger partial charge in [0.05, 0.1) is 16.1 Å². The summed E-state index contributed by atoms with van der Waals surface area (Å²) in [5.74, 6) is 1.06. The van der Waals surface area contributed by atoms with Crippen molar-refractivity contribution in [2.24, 2.45) is 0 Å². The first-order chi connectivity index (χ1) is 13.3. The molecule has 0 saturated heterocycles. The van der Waals surface area contributed by atoms with Crippen LogP contribution in [0.15, 0.2) is 30.5 Å². The Morgan fingerprint density at radius 3 is 2.64 bits per heavy atom. The van der Waals surface area contributed by atoms with Crippen LogP contribution in [0, 0.1) is 21.4 Å². The molecule has 9 heteroatoms. The first-order valence-corrected chi connectivity index (χ1v) is 9.03. The Morgan fingerprint density at radius 2 is 2.07 bits per heavy atom. The first-order valence-electron chi connectivity index (χ1n) is 9.03. The summed E-state index contributed by atoms with van der Waals surface area (Å²) < 4.78 is 0. The number of nitrogens with zero attached hydrogens (tertiary/aromatic N) is 5. The molecule has 1 aliphatic rings. The van der Waals surface area contributed by atoms with Crippen LogP contribution in [0.25, 0.3) is 0 Å². The Morgan fingerprint density at radius 1 is 1.36 bits per heavy atom. The predicted molar refractivity (Wildman–Crippen MR) is 104 cm³/mol. The maximum Gasteiger partial charge on any atom is 0.311 e. The van der Waals surface area contributed by atoms with Crippen LogP contribution in [0.1, 0.15) is 38.2 Å². The number of hydrogen-bond acceptors (Lipinski definition) is 8. The molecular formula is C19H22N6O3. The summed E-state index contributed by atoms with van der Waals surface area (Å²) >= 11 is 0. The van der Waals surface area contributed by atoms with Gasteiger partial charge in [-0.15, -0.1) is 0 Å². The summed E-state index contributed by atoms with van der Waals surface area (Å²) in [4.78, 5) is 21.4. The zero-order valence-corrected chi connectivity index (χ0v) is 15.8. The molecular weight excluding hydrogens is 360 g/mol. The van der Waals surface area contributed by atoms with E-state index in [0.29, 0.717) is 30.0 Å². The van der Waals surface area contributed by atoms with Gasteiger partial charge in [-0.05, 0) is 50.8 Å². The van der Waals surface area contributed by atoms with Crippen molar-refractivity contribution < 1.29 is 10.0 Å². The number of nitriles is 1. The van der Waals surface area contributed by atoms with Crippen LogP contribution in [0.2, 0.25) is 0 Å². The van der Waals surface area contributed by atoms with Crippen LogP contribution in [0.4, 0.5) is 23.1 Å². The summed E-state index contributed by atoms with van der Waals surface area (Å²) in [6.07, 6.45) is 4.44. The van der Waals surface area contributed by atoms with Gasteiger partial charge in [0.1, 0.15) is 17.7 Å². The number of aromatic nitrogens is 2. The lowest BCUT2D eigenvalue weighted by Gasteiger charge is -2.38. The van der Waals surface area contributed by atoms with E-state index in [-0.39, 0.29) is 17.5 Å². The van der Waals surface area contributed by atoms with Crippen molar-refractivity contribution in [2.75, 3.05) is 17.3 Å². The van der Waals surface area contributed by atoms with Crippen molar-refractivity contribution >= 4 is 23.1 Å². The predicted octanol–water partition coefficient (Wildman–Crippen LogP) is 3.13. The van der Waals surface area contributed by atoms with E-state index >= 15 is 0 Å². The Kier molecular flexibility index (Phi) is 5.42. The zero-order valence-electron chi connectivity index (χ0n) is 15.8. The third kappa shape index (κ3) is 4.35. The van der Waals surface area contributed by atoms with E-state index in [4.69, 9.17) is 5.26 Å². The van der Waals surface area contributed by atoms with Crippen molar-refractivity contribution in [3.63, 3.8) is 0 Å².